The van der Waals surface area contributed by atoms with Gasteiger partial charge >= 0.3 is 6.18 Å². The predicted octanol–water partition coefficient (Wildman–Crippen LogP) is -0.0785. The molecule has 0 spiro atoms. The summed E-state index contributed by atoms with van der Waals surface area (Å²) in [6.07, 6.45) is -5.46. The molecular formula is C11H13F3N8. The van der Waals surface area contributed by atoms with Crippen LogP contribution >= 0.6 is 0 Å². The van der Waals surface area contributed by atoms with Crippen LogP contribution < -0.4 is 27.4 Å². The summed E-state index contributed by atoms with van der Waals surface area (Å²) in [4.78, 5) is 8.91. The van der Waals surface area contributed by atoms with Crippen LogP contribution in [0.1, 0.15) is 5.56 Å². The number of hydrogen-bond acceptors (Lipinski definition) is 6. The summed E-state index contributed by atoms with van der Waals surface area (Å²) in [6, 6.07) is 4.21. The van der Waals surface area contributed by atoms with Crippen molar-refractivity contribution in [1.82, 2.24) is 5.32 Å². The highest BCUT2D eigenvalue weighted by Crippen LogP contribution is 2.31. The van der Waals surface area contributed by atoms with Crippen LogP contribution in [0, 0.1) is 5.41 Å². The van der Waals surface area contributed by atoms with E-state index in [1.807, 2.05) is 0 Å². The van der Waals surface area contributed by atoms with Gasteiger partial charge in [-0.15, -0.1) is 0 Å². The van der Waals surface area contributed by atoms with E-state index in [0.717, 1.165) is 12.1 Å². The minimum Gasteiger partial charge on any atom is -0.370 e. The monoisotopic (exact) mass is 314 g/mol. The molecule has 1 aromatic carbocycles. The molecule has 0 radical (unpaired) electrons. The first-order valence-corrected chi connectivity index (χ1v) is 5.93. The van der Waals surface area contributed by atoms with Crippen molar-refractivity contribution in [2.45, 2.75) is 12.5 Å². The lowest BCUT2D eigenvalue weighted by Crippen LogP contribution is -2.56. The van der Waals surface area contributed by atoms with E-state index in [2.05, 4.69) is 15.3 Å². The molecule has 1 aliphatic heterocycles. The standard InChI is InChI=1S/C11H13F3N8/c12-11(13,14)5-1-3-6(4-2-5)22-9(18)20-8(17)21-10(22)19-7(15)16/h1-4,9H,18H2,(H6,15,16,17,19,20,21). The summed E-state index contributed by atoms with van der Waals surface area (Å²) >= 11 is 0. The topological polar surface area (TPSA) is 142 Å². The van der Waals surface area contributed by atoms with Gasteiger partial charge in [-0.1, -0.05) is 0 Å². The number of guanidine groups is 3. The minimum absolute atomic E-state index is 0.00717. The molecule has 0 aliphatic carbocycles. The highest BCUT2D eigenvalue weighted by atomic mass is 19.4. The van der Waals surface area contributed by atoms with Gasteiger partial charge < -0.3 is 11.5 Å². The normalized spacial score (nSPS) is 18.5. The Morgan fingerprint density at radius 3 is 2.36 bits per heavy atom. The largest absolute Gasteiger partial charge is 0.416 e. The maximum Gasteiger partial charge on any atom is 0.416 e. The van der Waals surface area contributed by atoms with Gasteiger partial charge in [0.05, 0.1) is 5.56 Å². The second kappa shape index (κ2) is 5.52. The van der Waals surface area contributed by atoms with Crippen molar-refractivity contribution >= 4 is 23.6 Å². The van der Waals surface area contributed by atoms with Crippen molar-refractivity contribution in [3.05, 3.63) is 29.8 Å². The lowest BCUT2D eigenvalue weighted by atomic mass is 10.2. The van der Waals surface area contributed by atoms with Gasteiger partial charge in [-0.3, -0.25) is 21.4 Å². The summed E-state index contributed by atoms with van der Waals surface area (Å²) < 4.78 is 37.7. The highest BCUT2D eigenvalue weighted by Gasteiger charge is 2.31. The number of halogens is 3. The van der Waals surface area contributed by atoms with Gasteiger partial charge in [-0.2, -0.15) is 18.2 Å². The maximum absolute atomic E-state index is 12.6. The average Bonchev–Trinajstić information content (AvgIpc) is 2.36. The second-order valence-electron chi connectivity index (χ2n) is 4.29. The van der Waals surface area contributed by atoms with Crippen LogP contribution in [0.25, 0.3) is 0 Å². The smallest absolute Gasteiger partial charge is 0.370 e. The van der Waals surface area contributed by atoms with Crippen LogP contribution in [0.4, 0.5) is 18.9 Å². The quantitative estimate of drug-likeness (QED) is 0.364. The van der Waals surface area contributed by atoms with Crippen LogP contribution in [0.3, 0.4) is 0 Å². The van der Waals surface area contributed by atoms with E-state index in [0.29, 0.717) is 0 Å². The van der Waals surface area contributed by atoms with Crippen molar-refractivity contribution in [3.63, 3.8) is 0 Å². The van der Waals surface area contributed by atoms with Crippen molar-refractivity contribution < 1.29 is 13.2 Å². The molecule has 0 amide bonds. The Morgan fingerprint density at radius 1 is 1.27 bits per heavy atom. The molecule has 0 saturated heterocycles. The van der Waals surface area contributed by atoms with E-state index in [-0.39, 0.29) is 17.6 Å². The zero-order valence-electron chi connectivity index (χ0n) is 11.1. The summed E-state index contributed by atoms with van der Waals surface area (Å²) in [5, 5.41) is 9.63. The lowest BCUT2D eigenvalue weighted by Gasteiger charge is -2.32. The zero-order chi connectivity index (χ0) is 16.5. The van der Waals surface area contributed by atoms with Crippen LogP contribution in [-0.4, -0.2) is 24.2 Å². The Balaban J connectivity index is 2.36. The molecule has 1 aromatic rings. The average molecular weight is 314 g/mol. The van der Waals surface area contributed by atoms with Crippen molar-refractivity contribution in [2.75, 3.05) is 4.90 Å². The molecule has 22 heavy (non-hydrogen) atoms. The Hall–Kier alpha value is -2.82. The number of hydrogen-bond donors (Lipinski definition) is 5. The van der Waals surface area contributed by atoms with E-state index in [1.54, 1.807) is 0 Å². The lowest BCUT2D eigenvalue weighted by molar-refractivity contribution is -0.137. The Labute approximate surface area is 123 Å². The summed E-state index contributed by atoms with van der Waals surface area (Å²) in [7, 11) is 0. The molecule has 1 heterocycles. The van der Waals surface area contributed by atoms with Crippen LogP contribution in [-0.2, 0) is 6.18 Å². The summed E-state index contributed by atoms with van der Waals surface area (Å²) in [5.74, 6) is -0.579. The summed E-state index contributed by atoms with van der Waals surface area (Å²) in [5.41, 5.74) is 16.0. The molecule has 1 unspecified atom stereocenters. The van der Waals surface area contributed by atoms with Gasteiger partial charge in [0.15, 0.2) is 12.2 Å². The Morgan fingerprint density at radius 2 is 1.86 bits per heavy atom. The van der Waals surface area contributed by atoms with Crippen LogP contribution in [0.5, 0.6) is 0 Å². The molecular weight excluding hydrogens is 301 g/mol. The van der Waals surface area contributed by atoms with Crippen molar-refractivity contribution in [1.29, 1.82) is 5.41 Å². The van der Waals surface area contributed by atoms with Gasteiger partial charge in [0.25, 0.3) is 0 Å². The molecule has 8 N–H and O–H groups in total. The fraction of sp³-hybridized carbons (Fsp3) is 0.182. The van der Waals surface area contributed by atoms with Crippen LogP contribution in [0.15, 0.2) is 34.3 Å². The van der Waals surface area contributed by atoms with Gasteiger partial charge in [0.1, 0.15) is 0 Å². The number of anilines is 1. The van der Waals surface area contributed by atoms with E-state index < -0.39 is 24.0 Å². The fourth-order valence-corrected chi connectivity index (χ4v) is 1.80. The van der Waals surface area contributed by atoms with Gasteiger partial charge in [0, 0.05) is 5.69 Å². The molecule has 2 rings (SSSR count). The van der Waals surface area contributed by atoms with Crippen molar-refractivity contribution in [2.24, 2.45) is 27.2 Å². The third-order valence-electron chi connectivity index (χ3n) is 2.70. The molecule has 0 saturated carbocycles. The molecule has 1 aliphatic rings. The third kappa shape index (κ3) is 3.25. The number of benzene rings is 1. The summed E-state index contributed by atoms with van der Waals surface area (Å²) in [6.45, 7) is 0. The van der Waals surface area contributed by atoms with E-state index in [9.17, 15) is 13.2 Å². The van der Waals surface area contributed by atoms with E-state index >= 15 is 0 Å². The van der Waals surface area contributed by atoms with Gasteiger partial charge in [0.2, 0.25) is 11.9 Å². The first-order valence-electron chi connectivity index (χ1n) is 5.93. The molecule has 0 aromatic heterocycles. The van der Waals surface area contributed by atoms with Gasteiger partial charge in [-0.05, 0) is 24.3 Å². The number of alkyl halides is 3. The highest BCUT2D eigenvalue weighted by molar-refractivity contribution is 6.11. The number of aliphatic imine (C=N–C) groups is 2. The van der Waals surface area contributed by atoms with Gasteiger partial charge in [-0.25, -0.2) is 4.99 Å². The molecule has 0 fully saturated rings. The SMILES string of the molecule is N=C(N)NC1=NC(N)=NC(N)N1c1ccc(C(F)(F)F)cc1. The minimum atomic E-state index is -4.44. The maximum atomic E-state index is 12.6. The first kappa shape index (κ1) is 15.6. The van der Waals surface area contributed by atoms with E-state index in [4.69, 9.17) is 22.6 Å². The molecule has 0 bridgehead atoms. The second-order valence-corrected chi connectivity index (χ2v) is 4.29. The van der Waals surface area contributed by atoms with Crippen molar-refractivity contribution in [3.8, 4) is 0 Å². The molecule has 1 atom stereocenters. The predicted molar refractivity (Wildman–Crippen MR) is 76.0 cm³/mol. The number of nitrogens with two attached hydrogens (primary N) is 3. The van der Waals surface area contributed by atoms with Crippen LogP contribution in [0.2, 0.25) is 0 Å². The number of nitrogens with zero attached hydrogens (tertiary/aromatic N) is 3. The Bertz CT molecular complexity index is 634. The number of nitrogens with one attached hydrogen (secondary N) is 2. The third-order valence-corrected chi connectivity index (χ3v) is 2.70. The Kier molecular flexibility index (Phi) is 3.91. The molecule has 11 heteroatoms. The fourth-order valence-electron chi connectivity index (χ4n) is 1.80. The molecule has 8 nitrogen and oxygen atoms in total. The number of rotatable bonds is 1. The van der Waals surface area contributed by atoms with E-state index in [1.165, 1.54) is 17.0 Å². The zero-order valence-corrected chi connectivity index (χ0v) is 11.1. The first-order chi connectivity index (χ1) is 10.2. The molecule has 118 valence electrons.